The lowest BCUT2D eigenvalue weighted by Gasteiger charge is -2.36. The molecule has 7 nitrogen and oxygen atoms in total. The van der Waals surface area contributed by atoms with Crippen LogP contribution < -0.4 is 10.2 Å². The van der Waals surface area contributed by atoms with E-state index in [1.165, 1.54) is 16.4 Å². The molecule has 2 aliphatic heterocycles. The molecule has 2 heterocycles. The fourth-order valence-corrected chi connectivity index (χ4v) is 6.31. The molecule has 1 N–H and O–H groups in total. The molecule has 4 rings (SSSR count). The Hall–Kier alpha value is -2.49. The molecule has 1 amide bonds. The van der Waals surface area contributed by atoms with Crippen LogP contribution in [-0.4, -0.2) is 68.8 Å². The van der Waals surface area contributed by atoms with Gasteiger partial charge in [0.25, 0.3) is 0 Å². The van der Waals surface area contributed by atoms with E-state index in [0.717, 1.165) is 56.1 Å². The molecule has 178 valence electrons. The topological polar surface area (TPSA) is 73.0 Å². The zero-order chi connectivity index (χ0) is 23.6. The molecule has 2 saturated heterocycles. The molecule has 0 aliphatic carbocycles. The Morgan fingerprint density at radius 1 is 1.06 bits per heavy atom. The van der Waals surface area contributed by atoms with Crippen molar-refractivity contribution in [1.29, 1.82) is 0 Å². The Morgan fingerprint density at radius 2 is 1.76 bits per heavy atom. The van der Waals surface area contributed by atoms with Crippen LogP contribution in [0.15, 0.2) is 47.4 Å². The largest absolute Gasteiger partial charge is 0.369 e. The molecule has 0 bridgehead atoms. The number of nitrogens with one attached hydrogen (secondary N) is 1. The van der Waals surface area contributed by atoms with Gasteiger partial charge in [-0.2, -0.15) is 4.31 Å². The van der Waals surface area contributed by atoms with Crippen LogP contribution in [0.3, 0.4) is 0 Å². The smallest absolute Gasteiger partial charge is 0.243 e. The Morgan fingerprint density at radius 3 is 2.39 bits per heavy atom. The number of aryl methyl sites for hydroxylation is 1. The third kappa shape index (κ3) is 5.05. The highest BCUT2D eigenvalue weighted by atomic mass is 32.2. The van der Waals surface area contributed by atoms with Crippen molar-refractivity contribution >= 4 is 27.3 Å². The second-order valence-corrected chi connectivity index (χ2v) is 10.5. The maximum atomic E-state index is 13.2. The third-order valence-corrected chi connectivity index (χ3v) is 8.47. The van der Waals surface area contributed by atoms with Crippen LogP contribution in [0.25, 0.3) is 0 Å². The summed E-state index contributed by atoms with van der Waals surface area (Å²) in [4.78, 5) is 17.8. The normalized spacial score (nSPS) is 20.2. The summed E-state index contributed by atoms with van der Waals surface area (Å²) in [6.07, 6.45) is 1.05. The van der Waals surface area contributed by atoms with Gasteiger partial charge in [-0.3, -0.25) is 4.79 Å². The fraction of sp³-hybridized carbons (Fsp3) is 0.458. The molecule has 9 heteroatoms. The highest BCUT2D eigenvalue weighted by molar-refractivity contribution is 7.89. The minimum absolute atomic E-state index is 0.00744. The van der Waals surface area contributed by atoms with E-state index in [4.69, 9.17) is 0 Å². The highest BCUT2D eigenvalue weighted by Crippen LogP contribution is 2.29. The van der Waals surface area contributed by atoms with Crippen molar-refractivity contribution in [3.63, 3.8) is 0 Å². The molecule has 33 heavy (non-hydrogen) atoms. The van der Waals surface area contributed by atoms with Crippen LogP contribution in [0, 0.1) is 12.7 Å². The molecule has 2 aromatic carbocycles. The number of piperazine rings is 1. The van der Waals surface area contributed by atoms with E-state index >= 15 is 0 Å². The van der Waals surface area contributed by atoms with Crippen molar-refractivity contribution in [2.75, 3.05) is 49.5 Å². The average molecular weight is 475 g/mol. The van der Waals surface area contributed by atoms with Crippen molar-refractivity contribution < 1.29 is 17.6 Å². The first-order valence-electron chi connectivity index (χ1n) is 11.5. The molecule has 0 saturated carbocycles. The number of sulfonamides is 1. The molecule has 2 aromatic rings. The molecule has 2 aliphatic rings. The van der Waals surface area contributed by atoms with Gasteiger partial charge >= 0.3 is 0 Å². The first kappa shape index (κ1) is 23.7. The minimum Gasteiger partial charge on any atom is -0.369 e. The summed E-state index contributed by atoms with van der Waals surface area (Å²) in [5, 5.41) is 2.90. The van der Waals surface area contributed by atoms with Crippen LogP contribution in [-0.2, 0) is 14.8 Å². The lowest BCUT2D eigenvalue weighted by atomic mass is 10.1. The third-order valence-electron chi connectivity index (χ3n) is 6.55. The van der Waals surface area contributed by atoms with Crippen LogP contribution in [0.1, 0.15) is 25.3 Å². The Bertz CT molecular complexity index is 1100. The summed E-state index contributed by atoms with van der Waals surface area (Å²) in [6.45, 7) is 9.54. The number of carbonyl (C=O) groups excluding carboxylic acids is 1. The average Bonchev–Trinajstić information content (AvgIpc) is 3.31. The highest BCUT2D eigenvalue weighted by Gasteiger charge is 2.39. The van der Waals surface area contributed by atoms with Crippen molar-refractivity contribution in [2.24, 2.45) is 0 Å². The zero-order valence-electron chi connectivity index (χ0n) is 19.1. The van der Waals surface area contributed by atoms with Crippen molar-refractivity contribution in [2.45, 2.75) is 37.6 Å². The van der Waals surface area contributed by atoms with E-state index in [1.54, 1.807) is 0 Å². The number of hydrogen-bond acceptors (Lipinski definition) is 5. The summed E-state index contributed by atoms with van der Waals surface area (Å²) in [7, 11) is -3.88. The number of nitrogens with zero attached hydrogens (tertiary/aromatic N) is 3. The van der Waals surface area contributed by atoms with E-state index in [1.807, 2.05) is 25.1 Å². The number of amides is 1. The summed E-state index contributed by atoms with van der Waals surface area (Å²) in [6, 6.07) is 9.75. The molecule has 0 unspecified atom stereocenters. The lowest BCUT2D eigenvalue weighted by Crippen LogP contribution is -2.46. The molecule has 0 spiro atoms. The van der Waals surface area contributed by atoms with Gasteiger partial charge in [0.05, 0.1) is 4.90 Å². The summed E-state index contributed by atoms with van der Waals surface area (Å²) in [5.74, 6) is -0.849. The quantitative estimate of drug-likeness (QED) is 0.697. The van der Waals surface area contributed by atoms with Crippen LogP contribution in [0.2, 0.25) is 0 Å². The number of benzene rings is 2. The van der Waals surface area contributed by atoms with Gasteiger partial charge in [0.2, 0.25) is 15.9 Å². The van der Waals surface area contributed by atoms with Crippen molar-refractivity contribution in [3.8, 4) is 0 Å². The van der Waals surface area contributed by atoms with Gasteiger partial charge in [-0.05, 0) is 74.3 Å². The number of rotatable bonds is 6. The molecule has 2 fully saturated rings. The monoisotopic (exact) mass is 474 g/mol. The Labute approximate surface area is 195 Å². The summed E-state index contributed by atoms with van der Waals surface area (Å²) in [5.41, 5.74) is 2.88. The number of carbonyl (C=O) groups is 1. The number of halogens is 1. The predicted octanol–water partition coefficient (Wildman–Crippen LogP) is 3.07. The SMILES string of the molecule is CCN1CCN(c2ccc(NC(=O)[C@@H]3CCCN3S(=O)(=O)c3ccc(F)cc3)cc2C)CC1. The predicted molar refractivity (Wildman–Crippen MR) is 127 cm³/mol. The first-order valence-corrected chi connectivity index (χ1v) is 12.9. The molecule has 0 aromatic heterocycles. The van der Waals surface area contributed by atoms with Gasteiger partial charge in [-0.1, -0.05) is 6.92 Å². The van der Waals surface area contributed by atoms with E-state index in [-0.39, 0.29) is 17.3 Å². The van der Waals surface area contributed by atoms with E-state index in [2.05, 4.69) is 22.0 Å². The van der Waals surface area contributed by atoms with Crippen LogP contribution >= 0.6 is 0 Å². The van der Waals surface area contributed by atoms with E-state index < -0.39 is 21.9 Å². The van der Waals surface area contributed by atoms with Crippen molar-refractivity contribution in [1.82, 2.24) is 9.21 Å². The maximum Gasteiger partial charge on any atom is 0.243 e. The van der Waals surface area contributed by atoms with Gasteiger partial charge < -0.3 is 15.1 Å². The van der Waals surface area contributed by atoms with E-state index in [0.29, 0.717) is 18.5 Å². The van der Waals surface area contributed by atoms with Crippen molar-refractivity contribution in [3.05, 3.63) is 53.8 Å². The van der Waals surface area contributed by atoms with Gasteiger partial charge in [0, 0.05) is 44.1 Å². The minimum atomic E-state index is -3.88. The zero-order valence-corrected chi connectivity index (χ0v) is 19.9. The second kappa shape index (κ2) is 9.79. The Balaban J connectivity index is 1.45. The molecular formula is C24H31FN4O3S. The Kier molecular flexibility index (Phi) is 7.02. The fourth-order valence-electron chi connectivity index (χ4n) is 4.65. The first-order chi connectivity index (χ1) is 15.8. The summed E-state index contributed by atoms with van der Waals surface area (Å²) < 4.78 is 40.6. The van der Waals surface area contributed by atoms with Gasteiger partial charge in [-0.25, -0.2) is 12.8 Å². The molecule has 0 radical (unpaired) electrons. The van der Waals surface area contributed by atoms with Crippen LogP contribution in [0.5, 0.6) is 0 Å². The maximum absolute atomic E-state index is 13.2. The number of anilines is 2. The number of hydrogen-bond donors (Lipinski definition) is 1. The van der Waals surface area contributed by atoms with Gasteiger partial charge in [0.15, 0.2) is 0 Å². The second-order valence-electron chi connectivity index (χ2n) is 8.64. The number of likely N-dealkylation sites (N-methyl/N-ethyl adjacent to an activating group) is 1. The molecule has 1 atom stereocenters. The summed E-state index contributed by atoms with van der Waals surface area (Å²) >= 11 is 0. The van der Waals surface area contributed by atoms with Crippen LogP contribution in [0.4, 0.5) is 15.8 Å². The standard InChI is InChI=1S/C24H31FN4O3S/c1-3-27-13-15-28(16-14-27)22-11-8-20(17-18(22)2)26-24(30)23-5-4-12-29(23)33(31,32)21-9-6-19(25)7-10-21/h6-11,17,23H,3-5,12-16H2,1-2H3,(H,26,30)/t23-/m0/s1. The lowest BCUT2D eigenvalue weighted by molar-refractivity contribution is -0.119. The molecular weight excluding hydrogens is 443 g/mol. The van der Waals surface area contributed by atoms with Gasteiger partial charge in [0.1, 0.15) is 11.9 Å². The van der Waals surface area contributed by atoms with Gasteiger partial charge in [-0.15, -0.1) is 0 Å². The van der Waals surface area contributed by atoms with E-state index in [9.17, 15) is 17.6 Å².